The van der Waals surface area contributed by atoms with E-state index in [0.29, 0.717) is 0 Å². The second kappa shape index (κ2) is 7.09. The summed E-state index contributed by atoms with van der Waals surface area (Å²) in [5.74, 6) is 0. The minimum Gasteiger partial charge on any atom is -0.311 e. The number of halogens is 2. The van der Waals surface area contributed by atoms with Gasteiger partial charge in [0.05, 0.1) is 12.1 Å². The van der Waals surface area contributed by atoms with Crippen molar-refractivity contribution >= 4 is 23.2 Å². The lowest BCUT2D eigenvalue weighted by Crippen LogP contribution is -2.31. The third kappa shape index (κ3) is 3.53. The number of nitrogens with one attached hydrogen (secondary N) is 2. The van der Waals surface area contributed by atoms with E-state index in [0.717, 1.165) is 10.0 Å². The van der Waals surface area contributed by atoms with E-state index in [-0.39, 0.29) is 12.1 Å². The molecule has 0 aromatic heterocycles. The van der Waals surface area contributed by atoms with E-state index in [9.17, 15) is 0 Å². The molecule has 0 fully saturated rings. The lowest BCUT2D eigenvalue weighted by Gasteiger charge is -2.27. The molecule has 2 nitrogen and oxygen atoms in total. The average Bonchev–Trinajstić information content (AvgIpc) is 2.47. The van der Waals surface area contributed by atoms with E-state index in [4.69, 9.17) is 23.2 Å². The smallest absolute Gasteiger partial charge is 0.0515 e. The van der Waals surface area contributed by atoms with Crippen molar-refractivity contribution in [3.05, 3.63) is 69.7 Å². The van der Waals surface area contributed by atoms with Crippen molar-refractivity contribution in [2.45, 2.75) is 12.1 Å². The molecular formula is C16H18Cl2N2. The number of benzene rings is 2. The first-order valence-electron chi connectivity index (χ1n) is 6.51. The van der Waals surface area contributed by atoms with Crippen LogP contribution in [0, 0.1) is 0 Å². The van der Waals surface area contributed by atoms with Crippen molar-refractivity contribution in [3.63, 3.8) is 0 Å². The summed E-state index contributed by atoms with van der Waals surface area (Å²) in [5, 5.41) is 8.22. The van der Waals surface area contributed by atoms with Crippen molar-refractivity contribution in [2.75, 3.05) is 14.1 Å². The molecule has 0 spiro atoms. The molecule has 0 saturated heterocycles. The molecule has 0 heterocycles. The lowest BCUT2D eigenvalue weighted by atomic mass is 9.93. The third-order valence-electron chi connectivity index (χ3n) is 3.41. The number of hydrogen-bond acceptors (Lipinski definition) is 2. The Hall–Kier alpha value is -1.06. The lowest BCUT2D eigenvalue weighted by molar-refractivity contribution is 0.432. The molecule has 106 valence electrons. The predicted molar refractivity (Wildman–Crippen MR) is 86.5 cm³/mol. The molecule has 0 aliphatic heterocycles. The summed E-state index contributed by atoms with van der Waals surface area (Å²) in [6.45, 7) is 0. The van der Waals surface area contributed by atoms with Crippen LogP contribution >= 0.6 is 23.2 Å². The highest BCUT2D eigenvalue weighted by molar-refractivity contribution is 6.30. The zero-order valence-corrected chi connectivity index (χ0v) is 13.0. The molecule has 2 atom stereocenters. The Morgan fingerprint density at radius 3 is 1.20 bits per heavy atom. The van der Waals surface area contributed by atoms with E-state index in [1.165, 1.54) is 11.1 Å². The van der Waals surface area contributed by atoms with Crippen LogP contribution in [-0.4, -0.2) is 14.1 Å². The Kier molecular flexibility index (Phi) is 5.44. The van der Waals surface area contributed by atoms with Crippen LogP contribution in [0.5, 0.6) is 0 Å². The fourth-order valence-corrected chi connectivity index (χ4v) is 2.64. The van der Waals surface area contributed by atoms with Gasteiger partial charge in [-0.3, -0.25) is 0 Å². The van der Waals surface area contributed by atoms with Crippen LogP contribution in [0.1, 0.15) is 23.2 Å². The summed E-state index contributed by atoms with van der Waals surface area (Å²) >= 11 is 11.9. The van der Waals surface area contributed by atoms with Crippen molar-refractivity contribution in [1.29, 1.82) is 0 Å². The SMILES string of the molecule is CN[C@H](c1ccc(Cl)cc1)[C@H](NC)c1ccc(Cl)cc1. The van der Waals surface area contributed by atoms with Gasteiger partial charge < -0.3 is 10.6 Å². The molecule has 2 aromatic rings. The van der Waals surface area contributed by atoms with Crippen LogP contribution in [0.15, 0.2) is 48.5 Å². The topological polar surface area (TPSA) is 24.1 Å². The van der Waals surface area contributed by atoms with Crippen molar-refractivity contribution in [2.24, 2.45) is 0 Å². The highest BCUT2D eigenvalue weighted by atomic mass is 35.5. The van der Waals surface area contributed by atoms with Gasteiger partial charge in [-0.15, -0.1) is 0 Å². The molecule has 2 rings (SSSR count). The van der Waals surface area contributed by atoms with E-state index in [1.54, 1.807) is 0 Å². The maximum Gasteiger partial charge on any atom is 0.0515 e. The molecule has 2 aromatic carbocycles. The Labute approximate surface area is 130 Å². The molecule has 0 aliphatic carbocycles. The number of likely N-dealkylation sites (N-methyl/N-ethyl adjacent to an activating group) is 2. The fraction of sp³-hybridized carbons (Fsp3) is 0.250. The summed E-state index contributed by atoms with van der Waals surface area (Å²) in [4.78, 5) is 0. The van der Waals surface area contributed by atoms with Gasteiger partial charge in [0.15, 0.2) is 0 Å². The van der Waals surface area contributed by atoms with Crippen molar-refractivity contribution in [3.8, 4) is 0 Å². The Bertz CT molecular complexity index is 486. The second-order valence-corrected chi connectivity index (χ2v) is 5.51. The van der Waals surface area contributed by atoms with Gasteiger partial charge in [-0.1, -0.05) is 47.5 Å². The quantitative estimate of drug-likeness (QED) is 0.864. The first-order valence-corrected chi connectivity index (χ1v) is 7.26. The Morgan fingerprint density at radius 1 is 0.650 bits per heavy atom. The number of hydrogen-bond donors (Lipinski definition) is 2. The summed E-state index contributed by atoms with van der Waals surface area (Å²) in [5.41, 5.74) is 2.37. The molecule has 0 saturated carbocycles. The first kappa shape index (κ1) is 15.3. The monoisotopic (exact) mass is 308 g/mol. The van der Waals surface area contributed by atoms with Gasteiger partial charge in [-0.25, -0.2) is 0 Å². The zero-order chi connectivity index (χ0) is 14.5. The standard InChI is InChI=1S/C16H18Cl2N2/c1-19-15(11-3-7-13(17)8-4-11)16(20-2)12-5-9-14(18)10-6-12/h3-10,15-16,19-20H,1-2H3/t15-,16-/m1/s1. The molecule has 20 heavy (non-hydrogen) atoms. The zero-order valence-electron chi connectivity index (χ0n) is 11.5. The molecule has 4 heteroatoms. The minimum atomic E-state index is 0.151. The molecule has 0 radical (unpaired) electrons. The molecule has 0 aliphatic rings. The highest BCUT2D eigenvalue weighted by Gasteiger charge is 2.21. The van der Waals surface area contributed by atoms with Crippen LogP contribution in [0.25, 0.3) is 0 Å². The molecular weight excluding hydrogens is 291 g/mol. The molecule has 0 unspecified atom stereocenters. The first-order chi connectivity index (χ1) is 9.65. The van der Waals surface area contributed by atoms with E-state index in [1.807, 2.05) is 62.6 Å². The van der Waals surface area contributed by atoms with Gasteiger partial charge in [0.2, 0.25) is 0 Å². The summed E-state index contributed by atoms with van der Waals surface area (Å²) in [6.07, 6.45) is 0. The van der Waals surface area contributed by atoms with Gasteiger partial charge >= 0.3 is 0 Å². The van der Waals surface area contributed by atoms with E-state index >= 15 is 0 Å². The van der Waals surface area contributed by atoms with Gasteiger partial charge in [0, 0.05) is 10.0 Å². The molecule has 2 N–H and O–H groups in total. The average molecular weight is 309 g/mol. The van der Waals surface area contributed by atoms with Crippen LogP contribution in [0.3, 0.4) is 0 Å². The van der Waals surface area contributed by atoms with Crippen LogP contribution in [-0.2, 0) is 0 Å². The van der Waals surface area contributed by atoms with Crippen molar-refractivity contribution < 1.29 is 0 Å². The maximum atomic E-state index is 5.96. The number of rotatable bonds is 5. The van der Waals surface area contributed by atoms with Crippen LogP contribution in [0.2, 0.25) is 10.0 Å². The maximum absolute atomic E-state index is 5.96. The summed E-state index contributed by atoms with van der Waals surface area (Å²) in [7, 11) is 3.92. The van der Waals surface area contributed by atoms with E-state index < -0.39 is 0 Å². The Balaban J connectivity index is 2.32. The van der Waals surface area contributed by atoms with Crippen LogP contribution in [0.4, 0.5) is 0 Å². The van der Waals surface area contributed by atoms with Gasteiger partial charge in [-0.2, -0.15) is 0 Å². The second-order valence-electron chi connectivity index (χ2n) is 4.64. The third-order valence-corrected chi connectivity index (χ3v) is 3.92. The fourth-order valence-electron chi connectivity index (χ4n) is 2.39. The van der Waals surface area contributed by atoms with E-state index in [2.05, 4.69) is 10.6 Å². The largest absolute Gasteiger partial charge is 0.311 e. The van der Waals surface area contributed by atoms with Crippen molar-refractivity contribution in [1.82, 2.24) is 10.6 Å². The van der Waals surface area contributed by atoms with Crippen LogP contribution < -0.4 is 10.6 Å². The summed E-state index contributed by atoms with van der Waals surface area (Å²) in [6, 6.07) is 16.1. The Morgan fingerprint density at radius 2 is 0.950 bits per heavy atom. The minimum absolute atomic E-state index is 0.151. The molecule has 0 bridgehead atoms. The van der Waals surface area contributed by atoms with Gasteiger partial charge in [0.1, 0.15) is 0 Å². The van der Waals surface area contributed by atoms with Gasteiger partial charge in [0.25, 0.3) is 0 Å². The predicted octanol–water partition coefficient (Wildman–Crippen LogP) is 4.21. The summed E-state index contributed by atoms with van der Waals surface area (Å²) < 4.78 is 0. The highest BCUT2D eigenvalue weighted by Crippen LogP contribution is 2.29. The molecule has 0 amide bonds. The normalized spacial score (nSPS) is 14.0. The van der Waals surface area contributed by atoms with Gasteiger partial charge in [-0.05, 0) is 49.5 Å².